The summed E-state index contributed by atoms with van der Waals surface area (Å²) in [6.45, 7) is 3.70. The van der Waals surface area contributed by atoms with Gasteiger partial charge in [0.1, 0.15) is 17.3 Å². The molecule has 0 aromatic carbocycles. The summed E-state index contributed by atoms with van der Waals surface area (Å²) in [5, 5.41) is 3.39. The van der Waals surface area contributed by atoms with Crippen LogP contribution >= 0.6 is 0 Å². The molecule has 0 radical (unpaired) electrons. The van der Waals surface area contributed by atoms with E-state index in [-0.39, 0.29) is 24.1 Å². The molecule has 0 fully saturated rings. The zero-order valence-electron chi connectivity index (χ0n) is 20.2. The van der Waals surface area contributed by atoms with Crippen molar-refractivity contribution >= 4 is 17.5 Å². The van der Waals surface area contributed by atoms with Gasteiger partial charge in [-0.1, -0.05) is 6.07 Å². The highest BCUT2D eigenvalue weighted by Gasteiger charge is 2.32. The number of ketones is 1. The largest absolute Gasteiger partial charge is 0.467 e. The van der Waals surface area contributed by atoms with E-state index in [2.05, 4.69) is 33.6 Å². The van der Waals surface area contributed by atoms with Crippen molar-refractivity contribution in [2.75, 3.05) is 25.5 Å². The number of carbonyl (C=O) groups is 2. The van der Waals surface area contributed by atoms with Crippen LogP contribution in [0.25, 0.3) is 0 Å². The molecule has 9 nitrogen and oxygen atoms in total. The van der Waals surface area contributed by atoms with Crippen molar-refractivity contribution in [3.05, 3.63) is 64.9 Å². The van der Waals surface area contributed by atoms with E-state index >= 15 is 0 Å². The van der Waals surface area contributed by atoms with Crippen LogP contribution in [-0.4, -0.2) is 56.3 Å². The Kier molecular flexibility index (Phi) is 6.48. The molecule has 5 rings (SSSR count). The van der Waals surface area contributed by atoms with Crippen molar-refractivity contribution in [1.29, 1.82) is 0 Å². The predicted octanol–water partition coefficient (Wildman–Crippen LogP) is 3.00. The molecule has 1 amide bonds. The summed E-state index contributed by atoms with van der Waals surface area (Å²) >= 11 is 0. The van der Waals surface area contributed by atoms with Crippen molar-refractivity contribution in [3.8, 4) is 6.01 Å². The number of aromatic nitrogens is 4. The number of anilines is 1. The lowest BCUT2D eigenvalue weighted by molar-refractivity contribution is -0.118. The molecule has 5 heterocycles. The molecule has 0 saturated carbocycles. The molecule has 9 heteroatoms. The molecule has 0 saturated heterocycles. The molecule has 2 aliphatic rings. The molecule has 1 unspecified atom stereocenters. The summed E-state index contributed by atoms with van der Waals surface area (Å²) in [5.74, 6) is 0.933. The second kappa shape index (κ2) is 9.85. The Morgan fingerprint density at radius 3 is 2.80 bits per heavy atom. The van der Waals surface area contributed by atoms with Crippen LogP contribution in [0.5, 0.6) is 6.01 Å². The molecule has 1 N–H and O–H groups in total. The van der Waals surface area contributed by atoms with E-state index in [0.717, 1.165) is 54.9 Å². The number of aryl methyl sites for hydroxylation is 3. The number of hydrogen-bond acceptors (Lipinski definition) is 7. The first-order valence-electron chi connectivity index (χ1n) is 12.1. The number of amides is 1. The van der Waals surface area contributed by atoms with Gasteiger partial charge in [-0.05, 0) is 55.9 Å². The zero-order chi connectivity index (χ0) is 24.4. The van der Waals surface area contributed by atoms with E-state index < -0.39 is 6.04 Å². The number of nitrogens with one attached hydrogen (secondary N) is 1. The summed E-state index contributed by atoms with van der Waals surface area (Å²) in [6, 6.07) is 6.10. The fraction of sp³-hybridized carbons (Fsp3) is 0.423. The van der Waals surface area contributed by atoms with Crippen molar-refractivity contribution < 1.29 is 14.3 Å². The third-order valence-corrected chi connectivity index (χ3v) is 6.71. The lowest BCUT2D eigenvalue weighted by Crippen LogP contribution is -2.42. The summed E-state index contributed by atoms with van der Waals surface area (Å²) in [7, 11) is 1.50. The Morgan fingerprint density at radius 2 is 2.03 bits per heavy atom. The van der Waals surface area contributed by atoms with Gasteiger partial charge in [0.05, 0.1) is 13.2 Å². The van der Waals surface area contributed by atoms with E-state index in [1.807, 2.05) is 10.6 Å². The first-order valence-corrected chi connectivity index (χ1v) is 12.1. The minimum atomic E-state index is -0.412. The maximum absolute atomic E-state index is 13.5. The zero-order valence-corrected chi connectivity index (χ0v) is 20.2. The second-order valence-electron chi connectivity index (χ2n) is 9.19. The first-order chi connectivity index (χ1) is 17.0. The number of rotatable bonds is 8. The van der Waals surface area contributed by atoms with Crippen LogP contribution in [0.4, 0.5) is 5.82 Å². The molecule has 3 aromatic rings. The molecule has 35 heavy (non-hydrogen) atoms. The average molecular weight is 475 g/mol. The van der Waals surface area contributed by atoms with E-state index in [4.69, 9.17) is 9.72 Å². The standard InChI is InChI=1S/C26H30N6O3/c1-17(33)12-22(20-14-28-26(35-2)29-15-20)32-11-10-31-16-18(13-23(31)25(32)34)5-7-21-8-6-19-4-3-9-27-24(19)30-21/h6,8,13-16,22H,3-5,7,9-12H2,1-2H3,(H,27,30). The summed E-state index contributed by atoms with van der Waals surface area (Å²) in [4.78, 5) is 40.4. The number of ether oxygens (including phenoxy) is 1. The Bertz CT molecular complexity index is 1240. The number of Topliss-reactive ketones (excluding diaryl/α,β-unsaturated/α-hetero) is 1. The topological polar surface area (TPSA) is 102 Å². The monoisotopic (exact) mass is 474 g/mol. The van der Waals surface area contributed by atoms with Gasteiger partial charge in [0.15, 0.2) is 0 Å². The lowest BCUT2D eigenvalue weighted by Gasteiger charge is -2.35. The van der Waals surface area contributed by atoms with Crippen molar-refractivity contribution in [2.24, 2.45) is 0 Å². The molecular formula is C26H30N6O3. The Labute approximate surface area is 204 Å². The van der Waals surface area contributed by atoms with Gasteiger partial charge in [0, 0.05) is 55.9 Å². The number of hydrogen-bond donors (Lipinski definition) is 1. The third kappa shape index (κ3) is 4.89. The quantitative estimate of drug-likeness (QED) is 0.535. The Morgan fingerprint density at radius 1 is 1.20 bits per heavy atom. The molecule has 0 spiro atoms. The van der Waals surface area contributed by atoms with Gasteiger partial charge in [-0.15, -0.1) is 0 Å². The van der Waals surface area contributed by atoms with E-state index in [0.29, 0.717) is 18.8 Å². The molecule has 2 aliphatic heterocycles. The van der Waals surface area contributed by atoms with Crippen LogP contribution in [0.2, 0.25) is 0 Å². The average Bonchev–Trinajstić information content (AvgIpc) is 3.30. The molecule has 1 atom stereocenters. The van der Waals surface area contributed by atoms with Gasteiger partial charge in [-0.3, -0.25) is 9.59 Å². The fourth-order valence-electron chi connectivity index (χ4n) is 4.90. The predicted molar refractivity (Wildman–Crippen MR) is 131 cm³/mol. The van der Waals surface area contributed by atoms with Crippen molar-refractivity contribution in [1.82, 2.24) is 24.4 Å². The number of pyridine rings is 1. The van der Waals surface area contributed by atoms with Crippen LogP contribution < -0.4 is 10.1 Å². The maximum atomic E-state index is 13.5. The second-order valence-corrected chi connectivity index (χ2v) is 9.19. The van der Waals surface area contributed by atoms with Crippen LogP contribution in [0.1, 0.15) is 58.7 Å². The number of carbonyl (C=O) groups excluding carboxylic acids is 2. The summed E-state index contributed by atoms with van der Waals surface area (Å²) in [6.07, 6.45) is 9.39. The van der Waals surface area contributed by atoms with Crippen molar-refractivity contribution in [2.45, 2.75) is 51.6 Å². The highest BCUT2D eigenvalue weighted by molar-refractivity contribution is 5.94. The molecule has 0 bridgehead atoms. The van der Waals surface area contributed by atoms with Crippen LogP contribution in [0.3, 0.4) is 0 Å². The number of fused-ring (bicyclic) bond motifs is 2. The first kappa shape index (κ1) is 23.0. The smallest absolute Gasteiger partial charge is 0.316 e. The SMILES string of the molecule is COc1ncc(C(CC(C)=O)N2CCn3cc(CCc4ccc5c(n4)NCCC5)cc3C2=O)cn1. The minimum Gasteiger partial charge on any atom is -0.467 e. The highest BCUT2D eigenvalue weighted by atomic mass is 16.5. The normalized spacial score (nSPS) is 15.7. The van der Waals surface area contributed by atoms with E-state index in [1.165, 1.54) is 19.6 Å². The molecule has 3 aromatic heterocycles. The number of nitrogens with zero attached hydrogens (tertiary/aromatic N) is 5. The lowest BCUT2D eigenvalue weighted by atomic mass is 10.0. The van der Waals surface area contributed by atoms with Gasteiger partial charge in [-0.25, -0.2) is 15.0 Å². The number of methoxy groups -OCH3 is 1. The van der Waals surface area contributed by atoms with Gasteiger partial charge < -0.3 is 19.5 Å². The summed E-state index contributed by atoms with van der Waals surface area (Å²) in [5.41, 5.74) is 4.82. The van der Waals surface area contributed by atoms with Gasteiger partial charge in [-0.2, -0.15) is 0 Å². The Hall–Kier alpha value is -3.75. The molecule has 182 valence electrons. The highest BCUT2D eigenvalue weighted by Crippen LogP contribution is 2.29. The fourth-order valence-corrected chi connectivity index (χ4v) is 4.90. The molecule has 0 aliphatic carbocycles. The minimum absolute atomic E-state index is 0.00676. The maximum Gasteiger partial charge on any atom is 0.316 e. The summed E-state index contributed by atoms with van der Waals surface area (Å²) < 4.78 is 7.07. The van der Waals surface area contributed by atoms with Gasteiger partial charge >= 0.3 is 6.01 Å². The van der Waals surface area contributed by atoms with Crippen LogP contribution in [-0.2, 0) is 30.6 Å². The third-order valence-electron chi connectivity index (χ3n) is 6.71. The van der Waals surface area contributed by atoms with Crippen LogP contribution in [0, 0.1) is 0 Å². The van der Waals surface area contributed by atoms with Crippen LogP contribution in [0.15, 0.2) is 36.8 Å². The molecular weight excluding hydrogens is 444 g/mol. The van der Waals surface area contributed by atoms with Crippen molar-refractivity contribution in [3.63, 3.8) is 0 Å². The van der Waals surface area contributed by atoms with Gasteiger partial charge in [0.2, 0.25) is 0 Å². The van der Waals surface area contributed by atoms with E-state index in [9.17, 15) is 9.59 Å². The van der Waals surface area contributed by atoms with E-state index in [1.54, 1.807) is 17.3 Å². The van der Waals surface area contributed by atoms with Gasteiger partial charge in [0.25, 0.3) is 5.91 Å². The Balaban J connectivity index is 1.32.